The Labute approximate surface area is 347 Å². The number of anilines is 2. The first-order valence-electron chi connectivity index (χ1n) is 18.1. The molecule has 8 aromatic rings. The zero-order chi connectivity index (χ0) is 41.5. The van der Waals surface area contributed by atoms with Crippen molar-refractivity contribution < 1.29 is 14.3 Å². The highest BCUT2D eigenvalue weighted by molar-refractivity contribution is 9.10. The maximum absolute atomic E-state index is 13.3. The molecule has 0 radical (unpaired) electrons. The standard InChI is InChI=1S/C24H22N6O2.C19H13BrN6O/c1-24(2,3)32-23(31)29(16-17-7-6-11-26-15-17)22-14-20(28-21-10-12-27-30(21)22)18-8-5-9-19(13-18)25-4;1-21-15-6-2-5-14(8-15)17-9-18(26-19(24-17)16(20)11-23-26)22-10-13-4-3-7-25(27)12-13/h5-15H,16H2,1-3H3;2-9,11-12,22H,10H2. The molecule has 1 amide bonds. The van der Waals surface area contributed by atoms with Crippen LogP contribution in [0.5, 0.6) is 0 Å². The smallest absolute Gasteiger partial charge is 0.416 e. The van der Waals surface area contributed by atoms with E-state index in [9.17, 15) is 10.0 Å². The number of hydrogen-bond donors (Lipinski definition) is 1. The zero-order valence-electron chi connectivity index (χ0n) is 32.1. The summed E-state index contributed by atoms with van der Waals surface area (Å²) in [7, 11) is 0. The molecular formula is C43H35BrN12O3. The molecule has 0 aliphatic heterocycles. The predicted molar refractivity (Wildman–Crippen MR) is 226 cm³/mol. The molecule has 0 bridgehead atoms. The molecule has 0 aliphatic rings. The minimum absolute atomic E-state index is 0.239. The third-order valence-electron chi connectivity index (χ3n) is 8.58. The van der Waals surface area contributed by atoms with Crippen LogP contribution in [0.1, 0.15) is 31.9 Å². The quantitative estimate of drug-likeness (QED) is 0.0897. The van der Waals surface area contributed by atoms with E-state index < -0.39 is 11.7 Å². The molecule has 292 valence electrons. The van der Waals surface area contributed by atoms with Crippen molar-refractivity contribution in [3.63, 3.8) is 0 Å². The molecule has 8 rings (SSSR count). The van der Waals surface area contributed by atoms with Crippen LogP contribution in [0.25, 0.3) is 43.5 Å². The van der Waals surface area contributed by atoms with Crippen molar-refractivity contribution in [3.8, 4) is 22.5 Å². The van der Waals surface area contributed by atoms with Crippen molar-refractivity contribution >= 4 is 56.3 Å². The van der Waals surface area contributed by atoms with Gasteiger partial charge < -0.3 is 15.3 Å². The number of ether oxygens (including phenoxy) is 1. The number of fused-ring (bicyclic) bond motifs is 2. The van der Waals surface area contributed by atoms with Gasteiger partial charge in [-0.1, -0.05) is 42.5 Å². The van der Waals surface area contributed by atoms with Gasteiger partial charge in [0, 0.05) is 48.8 Å². The van der Waals surface area contributed by atoms with Crippen LogP contribution in [0.2, 0.25) is 0 Å². The van der Waals surface area contributed by atoms with E-state index in [-0.39, 0.29) is 6.54 Å². The second-order valence-electron chi connectivity index (χ2n) is 14.0. The first-order valence-corrected chi connectivity index (χ1v) is 18.9. The Hall–Kier alpha value is -7.69. The summed E-state index contributed by atoms with van der Waals surface area (Å²) >= 11 is 3.47. The van der Waals surface area contributed by atoms with Gasteiger partial charge >= 0.3 is 6.09 Å². The number of nitrogens with one attached hydrogen (secondary N) is 1. The van der Waals surface area contributed by atoms with Gasteiger partial charge in [-0.3, -0.25) is 9.88 Å². The van der Waals surface area contributed by atoms with Gasteiger partial charge in [0.15, 0.2) is 35.1 Å². The van der Waals surface area contributed by atoms with Crippen LogP contribution < -0.4 is 14.9 Å². The van der Waals surface area contributed by atoms with Crippen LogP contribution in [0.4, 0.5) is 27.8 Å². The van der Waals surface area contributed by atoms with Gasteiger partial charge in [-0.05, 0) is 77.7 Å². The van der Waals surface area contributed by atoms with Crippen molar-refractivity contribution in [1.29, 1.82) is 0 Å². The van der Waals surface area contributed by atoms with Crippen molar-refractivity contribution in [2.24, 2.45) is 0 Å². The monoisotopic (exact) mass is 846 g/mol. The molecular weight excluding hydrogens is 812 g/mol. The lowest BCUT2D eigenvalue weighted by molar-refractivity contribution is -0.605. The summed E-state index contributed by atoms with van der Waals surface area (Å²) in [5.74, 6) is 1.23. The average molecular weight is 848 g/mol. The van der Waals surface area contributed by atoms with Crippen molar-refractivity contribution in [3.05, 3.63) is 172 Å². The molecule has 1 N–H and O–H groups in total. The second kappa shape index (κ2) is 17.2. The molecule has 0 aliphatic carbocycles. The van der Waals surface area contributed by atoms with E-state index in [0.29, 0.717) is 40.7 Å². The minimum Gasteiger partial charge on any atom is -0.619 e. The number of carbonyl (C=O) groups is 1. The number of benzene rings is 2. The number of hydrogen-bond acceptors (Lipinski definition) is 9. The summed E-state index contributed by atoms with van der Waals surface area (Å²) in [6.07, 6.45) is 9.15. The zero-order valence-corrected chi connectivity index (χ0v) is 33.6. The molecule has 6 heterocycles. The number of carbonyl (C=O) groups excluding carboxylic acids is 1. The lowest BCUT2D eigenvalue weighted by Crippen LogP contribution is -2.37. The van der Waals surface area contributed by atoms with E-state index in [2.05, 4.69) is 56.1 Å². The molecule has 0 atom stereocenters. The van der Waals surface area contributed by atoms with Crippen LogP contribution in [0, 0.1) is 18.4 Å². The Kier molecular flexibility index (Phi) is 11.5. The summed E-state index contributed by atoms with van der Waals surface area (Å²) in [6.45, 7) is 20.7. The lowest BCUT2D eigenvalue weighted by atomic mass is 10.1. The van der Waals surface area contributed by atoms with Crippen molar-refractivity contribution in [1.82, 2.24) is 34.2 Å². The fourth-order valence-electron chi connectivity index (χ4n) is 5.94. The molecule has 6 aromatic heterocycles. The van der Waals surface area contributed by atoms with Crippen LogP contribution in [0.15, 0.2) is 133 Å². The lowest BCUT2D eigenvalue weighted by Gasteiger charge is -2.28. The summed E-state index contributed by atoms with van der Waals surface area (Å²) in [5.41, 5.74) is 6.29. The van der Waals surface area contributed by atoms with Gasteiger partial charge in [-0.2, -0.15) is 24.0 Å². The largest absolute Gasteiger partial charge is 0.619 e. The predicted octanol–water partition coefficient (Wildman–Crippen LogP) is 9.24. The molecule has 15 nitrogen and oxygen atoms in total. The van der Waals surface area contributed by atoms with Gasteiger partial charge in [0.25, 0.3) is 0 Å². The minimum atomic E-state index is -0.673. The maximum Gasteiger partial charge on any atom is 0.416 e. The van der Waals surface area contributed by atoms with Crippen LogP contribution >= 0.6 is 15.9 Å². The number of pyridine rings is 2. The summed E-state index contributed by atoms with van der Waals surface area (Å²) in [4.78, 5) is 35.3. The molecule has 0 spiro atoms. The Morgan fingerprint density at radius 2 is 1.58 bits per heavy atom. The number of rotatable bonds is 8. The number of halogens is 1. The Morgan fingerprint density at radius 1 is 0.864 bits per heavy atom. The average Bonchev–Trinajstić information content (AvgIpc) is 3.88. The van der Waals surface area contributed by atoms with E-state index in [1.165, 1.54) is 17.3 Å². The molecule has 0 unspecified atom stereocenters. The van der Waals surface area contributed by atoms with E-state index in [0.717, 1.165) is 43.0 Å². The summed E-state index contributed by atoms with van der Waals surface area (Å²) < 4.78 is 10.5. The van der Waals surface area contributed by atoms with E-state index in [1.54, 1.807) is 76.3 Å². The first kappa shape index (κ1) is 39.5. The Bertz CT molecular complexity index is 2870. The van der Waals surface area contributed by atoms with E-state index in [1.807, 2.05) is 69.3 Å². The molecule has 2 aromatic carbocycles. The van der Waals surface area contributed by atoms with Crippen LogP contribution in [-0.2, 0) is 17.8 Å². The van der Waals surface area contributed by atoms with Crippen molar-refractivity contribution in [2.45, 2.75) is 39.5 Å². The Balaban J connectivity index is 0.000000181. The van der Waals surface area contributed by atoms with Gasteiger partial charge in [0.05, 0.1) is 47.9 Å². The van der Waals surface area contributed by atoms with E-state index in [4.69, 9.17) is 17.9 Å². The van der Waals surface area contributed by atoms with E-state index >= 15 is 0 Å². The third-order valence-corrected chi connectivity index (χ3v) is 9.13. The highest BCUT2D eigenvalue weighted by atomic mass is 79.9. The molecule has 16 heteroatoms. The number of aromatic nitrogens is 8. The van der Waals surface area contributed by atoms with Crippen LogP contribution in [-0.4, -0.2) is 45.9 Å². The first-order chi connectivity index (χ1) is 28.5. The maximum atomic E-state index is 13.3. The highest BCUT2D eigenvalue weighted by Crippen LogP contribution is 2.30. The SMILES string of the molecule is [C-]#[N+]c1cccc(-c2cc(N(Cc3cccnc3)C(=O)OC(C)(C)C)n3nccc3n2)c1.[C-]#[N+]c1cccc(-c2cc(NCc3ccc[n+]([O-])c3)n3ncc(Br)c3n2)c1. The number of amides is 1. The van der Waals surface area contributed by atoms with Crippen molar-refractivity contribution in [2.75, 3.05) is 10.2 Å². The normalized spacial score (nSPS) is 10.9. The Morgan fingerprint density at radius 3 is 2.24 bits per heavy atom. The fourth-order valence-corrected chi connectivity index (χ4v) is 6.29. The summed E-state index contributed by atoms with van der Waals surface area (Å²) in [5, 5.41) is 23.5. The number of nitrogens with zero attached hydrogens (tertiary/aromatic N) is 11. The van der Waals surface area contributed by atoms with Crippen LogP contribution in [0.3, 0.4) is 0 Å². The molecule has 0 fully saturated rings. The highest BCUT2D eigenvalue weighted by Gasteiger charge is 2.27. The molecule has 0 saturated carbocycles. The molecule has 0 saturated heterocycles. The topological polar surface area (TPSA) is 150 Å². The second-order valence-corrected chi connectivity index (χ2v) is 14.9. The van der Waals surface area contributed by atoms with Gasteiger partial charge in [-0.15, -0.1) is 0 Å². The van der Waals surface area contributed by atoms with Gasteiger partial charge in [0.1, 0.15) is 17.2 Å². The molecule has 59 heavy (non-hydrogen) atoms. The van der Waals surface area contributed by atoms with Gasteiger partial charge in [-0.25, -0.2) is 24.5 Å². The fraction of sp³-hybridized carbons (Fsp3) is 0.140. The third kappa shape index (κ3) is 9.48. The van der Waals surface area contributed by atoms with Gasteiger partial charge in [0.2, 0.25) is 0 Å². The summed E-state index contributed by atoms with van der Waals surface area (Å²) in [6, 6.07) is 27.2.